The number of halogens is 5. The maximum Gasteiger partial charge on any atom is 0.416 e. The molecule has 8 rings (SSSR count). The molecule has 5 aromatic rings. The predicted octanol–water partition coefficient (Wildman–Crippen LogP) is 6.44. The highest BCUT2D eigenvalue weighted by molar-refractivity contribution is 6.33. The molecular weight excluding hydrogens is 784 g/mol. The van der Waals surface area contributed by atoms with Crippen molar-refractivity contribution in [2.24, 2.45) is 0 Å². The average molecular weight is 821 g/mol. The molecular formula is C40H37ClF4N8O5. The minimum absolute atomic E-state index is 0.00929. The Morgan fingerprint density at radius 1 is 1.05 bits per heavy atom. The Morgan fingerprint density at radius 3 is 2.50 bits per heavy atom. The van der Waals surface area contributed by atoms with Crippen molar-refractivity contribution in [1.29, 1.82) is 0 Å². The molecule has 0 aliphatic carbocycles. The number of benzene rings is 2. The maximum atomic E-state index is 15.3. The van der Waals surface area contributed by atoms with E-state index >= 15 is 4.39 Å². The summed E-state index contributed by atoms with van der Waals surface area (Å²) in [5.41, 5.74) is 1.07. The Hall–Kier alpha value is -5.81. The van der Waals surface area contributed by atoms with Crippen LogP contribution >= 0.6 is 11.6 Å². The van der Waals surface area contributed by atoms with Gasteiger partial charge in [-0.15, -0.1) is 5.10 Å². The third-order valence-corrected chi connectivity index (χ3v) is 10.8. The number of pyridine rings is 1. The molecule has 0 saturated carbocycles. The zero-order valence-electron chi connectivity index (χ0n) is 31.4. The number of amides is 2. The molecule has 1 saturated heterocycles. The van der Waals surface area contributed by atoms with Gasteiger partial charge in [-0.2, -0.15) is 22.7 Å². The molecule has 2 aromatic carbocycles. The lowest BCUT2D eigenvalue weighted by atomic mass is 10.0. The van der Waals surface area contributed by atoms with Crippen LogP contribution in [0.15, 0.2) is 65.5 Å². The van der Waals surface area contributed by atoms with E-state index in [9.17, 15) is 27.6 Å². The van der Waals surface area contributed by atoms with Crippen molar-refractivity contribution in [2.45, 2.75) is 51.4 Å². The molecule has 0 radical (unpaired) electrons. The van der Waals surface area contributed by atoms with E-state index in [0.29, 0.717) is 36.8 Å². The van der Waals surface area contributed by atoms with Crippen molar-refractivity contribution in [2.75, 3.05) is 49.6 Å². The van der Waals surface area contributed by atoms with E-state index < -0.39 is 41.0 Å². The number of fused-ring (bicyclic) bond motifs is 3. The number of anilines is 2. The predicted molar refractivity (Wildman–Crippen MR) is 206 cm³/mol. The second-order valence-electron chi connectivity index (χ2n) is 14.4. The Morgan fingerprint density at radius 2 is 1.81 bits per heavy atom. The number of nitrogens with one attached hydrogen (secondary N) is 1. The lowest BCUT2D eigenvalue weighted by molar-refractivity contribution is -0.137. The van der Waals surface area contributed by atoms with Crippen molar-refractivity contribution in [3.63, 3.8) is 0 Å². The lowest BCUT2D eigenvalue weighted by Crippen LogP contribution is -2.51. The first-order valence-electron chi connectivity index (χ1n) is 18.7. The van der Waals surface area contributed by atoms with E-state index in [1.54, 1.807) is 11.5 Å². The summed E-state index contributed by atoms with van der Waals surface area (Å²) in [6, 6.07) is 12.1. The number of nitrogens with zero attached hydrogens (tertiary/aromatic N) is 7. The molecule has 0 spiro atoms. The monoisotopic (exact) mass is 820 g/mol. The Balaban J connectivity index is 1.11. The fraction of sp³-hybridized carbons (Fsp3) is 0.350. The molecule has 1 N–H and O–H groups in total. The van der Waals surface area contributed by atoms with Gasteiger partial charge in [0.15, 0.2) is 23.1 Å². The van der Waals surface area contributed by atoms with Gasteiger partial charge < -0.3 is 24.6 Å². The molecule has 302 valence electrons. The van der Waals surface area contributed by atoms with E-state index in [-0.39, 0.29) is 78.7 Å². The van der Waals surface area contributed by atoms with Gasteiger partial charge in [-0.1, -0.05) is 54.9 Å². The zero-order chi connectivity index (χ0) is 40.9. The SMILES string of the molecule is Cc1cc(F)c(OCc2ccccc2)c(C(=O)N2CCN(c3c4n(c5nc(C6=CCOCC6)nn5c3=O)[C@@H](C(=O)Nc3ccc(C(F)(F)F)cc3Cl)C[C@H]4C)CC2)n1. The summed E-state index contributed by atoms with van der Waals surface area (Å²) < 4.78 is 69.4. The van der Waals surface area contributed by atoms with Gasteiger partial charge in [0.1, 0.15) is 18.3 Å². The van der Waals surface area contributed by atoms with Crippen molar-refractivity contribution >= 4 is 46.1 Å². The fourth-order valence-corrected chi connectivity index (χ4v) is 7.90. The summed E-state index contributed by atoms with van der Waals surface area (Å²) in [5, 5.41) is 7.00. The van der Waals surface area contributed by atoms with Gasteiger partial charge in [0.05, 0.1) is 35.2 Å². The summed E-state index contributed by atoms with van der Waals surface area (Å²) in [6.07, 6.45) is -2.06. The van der Waals surface area contributed by atoms with Crippen LogP contribution in [0.3, 0.4) is 0 Å². The highest BCUT2D eigenvalue weighted by atomic mass is 35.5. The lowest BCUT2D eigenvalue weighted by Gasteiger charge is -2.36. The van der Waals surface area contributed by atoms with Gasteiger partial charge in [-0.25, -0.2) is 9.37 Å². The Labute approximate surface area is 333 Å². The summed E-state index contributed by atoms with van der Waals surface area (Å²) in [6.45, 7) is 4.95. The number of aromatic nitrogens is 5. The Bertz CT molecular complexity index is 2520. The zero-order valence-corrected chi connectivity index (χ0v) is 32.1. The van der Waals surface area contributed by atoms with Gasteiger partial charge >= 0.3 is 6.18 Å². The van der Waals surface area contributed by atoms with Crippen LogP contribution in [-0.4, -0.2) is 80.3 Å². The molecule has 18 heteroatoms. The number of carbonyl (C=O) groups excluding carboxylic acids is 2. The van der Waals surface area contributed by atoms with E-state index in [1.807, 2.05) is 48.2 Å². The number of alkyl halides is 3. The summed E-state index contributed by atoms with van der Waals surface area (Å²) >= 11 is 6.22. The summed E-state index contributed by atoms with van der Waals surface area (Å²) in [5.74, 6) is -2.00. The van der Waals surface area contributed by atoms with Crippen LogP contribution in [0, 0.1) is 12.7 Å². The van der Waals surface area contributed by atoms with Gasteiger partial charge in [0.2, 0.25) is 11.7 Å². The van der Waals surface area contributed by atoms with Crippen LogP contribution in [-0.2, 0) is 22.3 Å². The van der Waals surface area contributed by atoms with Gasteiger partial charge in [0, 0.05) is 37.8 Å². The largest absolute Gasteiger partial charge is 0.483 e. The van der Waals surface area contributed by atoms with Crippen molar-refractivity contribution in [3.05, 3.63) is 116 Å². The second kappa shape index (κ2) is 15.5. The molecule has 2 amide bonds. The van der Waals surface area contributed by atoms with Crippen LogP contribution in [0.1, 0.15) is 70.6 Å². The number of hydrogen-bond donors (Lipinski definition) is 1. The highest BCUT2D eigenvalue weighted by Gasteiger charge is 2.41. The van der Waals surface area contributed by atoms with Crippen molar-refractivity contribution < 1.29 is 36.6 Å². The standard InChI is InChI=1S/C40H37ClF4N8O5/c1-22-18-30(36(54)47-29-9-8-26(20-27(29)41)40(43,44)45)52-32(22)33(38(56)53-39(52)48-35(49-53)25-10-16-57-17-11-25)50-12-14-51(15-13-50)37(55)31-34(28(42)19-23(2)46-31)58-21-24-6-4-3-5-7-24/h3-10,19-20,22,30H,11-18,21H2,1-2H3,(H,47,54)/t22-,30-/m1/s1. The quantitative estimate of drug-likeness (QED) is 0.176. The molecule has 0 bridgehead atoms. The van der Waals surface area contributed by atoms with Crippen molar-refractivity contribution in [3.8, 4) is 5.75 Å². The molecule has 6 heterocycles. The number of aryl methyl sites for hydroxylation is 1. The normalized spacial score (nSPS) is 18.3. The van der Waals surface area contributed by atoms with Gasteiger partial charge in [0.25, 0.3) is 11.5 Å². The maximum absolute atomic E-state index is 15.3. The third-order valence-electron chi connectivity index (χ3n) is 10.5. The highest BCUT2D eigenvalue weighted by Crippen LogP contribution is 2.42. The second-order valence-corrected chi connectivity index (χ2v) is 14.8. The minimum atomic E-state index is -4.63. The van der Waals surface area contributed by atoms with Gasteiger partial charge in [-0.3, -0.25) is 19.0 Å². The number of piperazine rings is 1. The van der Waals surface area contributed by atoms with E-state index in [0.717, 1.165) is 29.3 Å². The number of hydrogen-bond acceptors (Lipinski definition) is 9. The molecule has 1 fully saturated rings. The van der Waals surface area contributed by atoms with Crippen LogP contribution < -0.4 is 20.5 Å². The molecule has 3 aliphatic heterocycles. The molecule has 58 heavy (non-hydrogen) atoms. The van der Waals surface area contributed by atoms with E-state index in [4.69, 9.17) is 26.1 Å². The third kappa shape index (κ3) is 7.39. The first kappa shape index (κ1) is 39.0. The summed E-state index contributed by atoms with van der Waals surface area (Å²) in [4.78, 5) is 55.0. The Kier molecular flexibility index (Phi) is 10.4. The van der Waals surface area contributed by atoms with E-state index in [1.165, 1.54) is 15.5 Å². The van der Waals surface area contributed by atoms with Crippen LogP contribution in [0.4, 0.5) is 28.9 Å². The van der Waals surface area contributed by atoms with Crippen molar-refractivity contribution in [1.82, 2.24) is 29.0 Å². The first-order chi connectivity index (χ1) is 27.8. The first-order valence-corrected chi connectivity index (χ1v) is 19.0. The van der Waals surface area contributed by atoms with Crippen LogP contribution in [0.25, 0.3) is 11.4 Å². The molecule has 2 atom stereocenters. The van der Waals surface area contributed by atoms with E-state index in [2.05, 4.69) is 15.4 Å². The number of carbonyl (C=O) groups is 2. The minimum Gasteiger partial charge on any atom is -0.483 e. The average Bonchev–Trinajstić information content (AvgIpc) is 3.81. The molecule has 3 aliphatic rings. The number of ether oxygens (including phenoxy) is 2. The van der Waals surface area contributed by atoms with Crippen LogP contribution in [0.2, 0.25) is 5.02 Å². The molecule has 13 nitrogen and oxygen atoms in total. The van der Waals surface area contributed by atoms with Gasteiger partial charge in [-0.05, 0) is 55.2 Å². The fourth-order valence-electron chi connectivity index (χ4n) is 7.67. The smallest absolute Gasteiger partial charge is 0.416 e. The number of rotatable bonds is 8. The molecule has 3 aromatic heterocycles. The summed E-state index contributed by atoms with van der Waals surface area (Å²) in [7, 11) is 0. The topological polar surface area (TPSA) is 136 Å². The molecule has 0 unspecified atom stereocenters. The van der Waals surface area contributed by atoms with Crippen LogP contribution in [0.5, 0.6) is 5.75 Å².